The van der Waals surface area contributed by atoms with Crippen molar-refractivity contribution in [2.45, 2.75) is 34.7 Å². The molecule has 1 aliphatic heterocycles. The Morgan fingerprint density at radius 1 is 0.714 bits per heavy atom. The molecule has 0 amide bonds. The first kappa shape index (κ1) is 24.5. The molecule has 35 heavy (non-hydrogen) atoms. The number of esters is 2. The van der Waals surface area contributed by atoms with Crippen molar-refractivity contribution in [1.29, 1.82) is 0 Å². The van der Waals surface area contributed by atoms with Crippen LogP contribution in [-0.2, 0) is 19.0 Å². The molecule has 9 heteroatoms. The van der Waals surface area contributed by atoms with E-state index in [2.05, 4.69) is 0 Å². The summed E-state index contributed by atoms with van der Waals surface area (Å²) in [5.41, 5.74) is -0.753. The number of hydrogen-bond acceptors (Lipinski definition) is 8. The molecule has 0 bridgehead atoms. The topological polar surface area (TPSA) is 119 Å². The molecule has 3 aromatic carbocycles. The van der Waals surface area contributed by atoms with E-state index in [0.717, 1.165) is 11.8 Å². The molecule has 0 radical (unpaired) electrons. The van der Waals surface area contributed by atoms with Crippen molar-refractivity contribution in [1.82, 2.24) is 0 Å². The van der Waals surface area contributed by atoms with Gasteiger partial charge in [0.25, 0.3) is 0 Å². The molecule has 0 saturated carbocycles. The summed E-state index contributed by atoms with van der Waals surface area (Å²) in [4.78, 5) is 38.4. The number of aliphatic hydroxyl groups is 1. The SMILES string of the molecule is O=C(O[C@@H]1[C@@H](O)[C@H](Sc2ccccc2)O[C@H](C(=O)O)[C@H]1OC(=O)c1ccccc1)c1ccccc1. The van der Waals surface area contributed by atoms with Crippen LogP contribution in [0.5, 0.6) is 0 Å². The molecule has 1 fully saturated rings. The number of carboxylic acids is 1. The molecule has 0 unspecified atom stereocenters. The lowest BCUT2D eigenvalue weighted by Crippen LogP contribution is -2.61. The summed E-state index contributed by atoms with van der Waals surface area (Å²) >= 11 is 1.07. The average Bonchev–Trinajstić information content (AvgIpc) is 2.89. The van der Waals surface area contributed by atoms with E-state index >= 15 is 0 Å². The predicted octanol–water partition coefficient (Wildman–Crippen LogP) is 3.40. The summed E-state index contributed by atoms with van der Waals surface area (Å²) in [6, 6.07) is 24.9. The molecule has 5 atom stereocenters. The average molecular weight is 495 g/mol. The van der Waals surface area contributed by atoms with Crippen LogP contribution < -0.4 is 0 Å². The lowest BCUT2D eigenvalue weighted by atomic mass is 9.99. The maximum atomic E-state index is 12.8. The number of rotatable bonds is 7. The fourth-order valence-corrected chi connectivity index (χ4v) is 4.60. The number of carbonyl (C=O) groups is 3. The quantitative estimate of drug-likeness (QED) is 0.476. The van der Waals surface area contributed by atoms with Gasteiger partial charge in [-0.2, -0.15) is 0 Å². The number of benzene rings is 3. The third-order valence-electron chi connectivity index (χ3n) is 5.26. The second-order valence-electron chi connectivity index (χ2n) is 7.66. The Bertz CT molecular complexity index is 1160. The van der Waals surface area contributed by atoms with E-state index in [-0.39, 0.29) is 11.1 Å². The van der Waals surface area contributed by atoms with E-state index in [9.17, 15) is 24.6 Å². The zero-order chi connectivity index (χ0) is 24.8. The fraction of sp³-hybridized carbons (Fsp3) is 0.192. The van der Waals surface area contributed by atoms with Crippen LogP contribution in [0, 0.1) is 0 Å². The van der Waals surface area contributed by atoms with Gasteiger partial charge in [0.2, 0.25) is 0 Å². The highest BCUT2D eigenvalue weighted by Gasteiger charge is 2.53. The van der Waals surface area contributed by atoms with Crippen LogP contribution in [0.2, 0.25) is 0 Å². The van der Waals surface area contributed by atoms with E-state index in [1.807, 2.05) is 6.07 Å². The van der Waals surface area contributed by atoms with Crippen molar-refractivity contribution in [2.75, 3.05) is 0 Å². The highest BCUT2D eigenvalue weighted by Crippen LogP contribution is 2.36. The van der Waals surface area contributed by atoms with Gasteiger partial charge in [-0.15, -0.1) is 0 Å². The van der Waals surface area contributed by atoms with E-state index in [1.54, 1.807) is 60.7 Å². The monoisotopic (exact) mass is 494 g/mol. The van der Waals surface area contributed by atoms with Crippen molar-refractivity contribution in [3.05, 3.63) is 102 Å². The van der Waals surface area contributed by atoms with Gasteiger partial charge >= 0.3 is 17.9 Å². The summed E-state index contributed by atoms with van der Waals surface area (Å²) < 4.78 is 16.7. The van der Waals surface area contributed by atoms with E-state index in [0.29, 0.717) is 4.90 Å². The first-order chi connectivity index (χ1) is 16.9. The van der Waals surface area contributed by atoms with E-state index in [1.165, 1.54) is 24.3 Å². The van der Waals surface area contributed by atoms with Gasteiger partial charge in [0.05, 0.1) is 11.1 Å². The van der Waals surface area contributed by atoms with Crippen LogP contribution in [0.3, 0.4) is 0 Å². The molecule has 180 valence electrons. The minimum atomic E-state index is -1.69. The van der Waals surface area contributed by atoms with Gasteiger partial charge in [0.15, 0.2) is 18.3 Å². The highest BCUT2D eigenvalue weighted by atomic mass is 32.2. The summed E-state index contributed by atoms with van der Waals surface area (Å²) in [6.45, 7) is 0. The van der Waals surface area contributed by atoms with Crippen LogP contribution >= 0.6 is 11.8 Å². The predicted molar refractivity (Wildman–Crippen MR) is 126 cm³/mol. The Hall–Kier alpha value is -3.66. The number of thioether (sulfide) groups is 1. The number of hydrogen-bond donors (Lipinski definition) is 2. The molecule has 2 N–H and O–H groups in total. The number of carbonyl (C=O) groups excluding carboxylic acids is 2. The lowest BCUT2D eigenvalue weighted by molar-refractivity contribution is -0.209. The van der Waals surface area contributed by atoms with Gasteiger partial charge in [0, 0.05) is 4.90 Å². The zero-order valence-electron chi connectivity index (χ0n) is 18.3. The van der Waals surface area contributed by atoms with Crippen LogP contribution in [0.4, 0.5) is 0 Å². The minimum Gasteiger partial charge on any atom is -0.479 e. The molecule has 1 aliphatic rings. The number of aliphatic hydroxyl groups excluding tert-OH is 1. The van der Waals surface area contributed by atoms with Crippen molar-refractivity contribution in [3.63, 3.8) is 0 Å². The molecule has 1 saturated heterocycles. The van der Waals surface area contributed by atoms with Crippen LogP contribution in [0.25, 0.3) is 0 Å². The van der Waals surface area contributed by atoms with Crippen LogP contribution in [0.15, 0.2) is 95.9 Å². The molecule has 8 nitrogen and oxygen atoms in total. The largest absolute Gasteiger partial charge is 0.479 e. The molecule has 0 aliphatic carbocycles. The first-order valence-electron chi connectivity index (χ1n) is 10.7. The van der Waals surface area contributed by atoms with Crippen molar-refractivity contribution in [2.24, 2.45) is 0 Å². The minimum absolute atomic E-state index is 0.167. The molecule has 1 heterocycles. The fourth-order valence-electron chi connectivity index (χ4n) is 3.55. The van der Waals surface area contributed by atoms with Gasteiger partial charge in [-0.3, -0.25) is 0 Å². The number of aliphatic carboxylic acids is 1. The molecular formula is C26H22O8S. The Morgan fingerprint density at radius 2 is 1.17 bits per heavy atom. The van der Waals surface area contributed by atoms with Gasteiger partial charge < -0.3 is 24.4 Å². The normalized spacial score (nSPS) is 23.7. The zero-order valence-corrected chi connectivity index (χ0v) is 19.1. The Labute approximate surface area is 205 Å². The van der Waals surface area contributed by atoms with Crippen molar-refractivity contribution >= 4 is 29.7 Å². The number of ether oxygens (including phenoxy) is 3. The standard InChI is InChI=1S/C26H22O8S/c27-19-20(32-24(30)16-10-4-1-5-11-16)21(33-25(31)17-12-6-2-7-13-17)22(23(28)29)34-26(19)35-18-14-8-3-9-15-18/h1-15,19-22,26-27H,(H,28,29)/t19-,20-,21+,22+,26+/m1/s1. The second-order valence-corrected chi connectivity index (χ2v) is 8.83. The summed E-state index contributed by atoms with van der Waals surface area (Å²) in [7, 11) is 0. The molecule has 3 aromatic rings. The lowest BCUT2D eigenvalue weighted by Gasteiger charge is -2.41. The second kappa shape index (κ2) is 11.2. The molecule has 0 spiro atoms. The summed E-state index contributed by atoms with van der Waals surface area (Å²) in [6.07, 6.45) is -6.31. The molecular weight excluding hydrogens is 472 g/mol. The Balaban J connectivity index is 1.65. The van der Waals surface area contributed by atoms with Gasteiger partial charge in [-0.25, -0.2) is 14.4 Å². The van der Waals surface area contributed by atoms with Gasteiger partial charge in [-0.05, 0) is 36.4 Å². The third kappa shape index (κ3) is 5.89. The maximum absolute atomic E-state index is 12.8. The van der Waals surface area contributed by atoms with Crippen molar-refractivity contribution in [3.8, 4) is 0 Å². The summed E-state index contributed by atoms with van der Waals surface area (Å²) in [5, 5.41) is 21.0. The highest BCUT2D eigenvalue weighted by molar-refractivity contribution is 7.99. The molecule has 4 rings (SSSR count). The van der Waals surface area contributed by atoms with E-state index in [4.69, 9.17) is 14.2 Å². The van der Waals surface area contributed by atoms with Gasteiger partial charge in [0.1, 0.15) is 11.5 Å². The third-order valence-corrected chi connectivity index (χ3v) is 6.43. The Kier molecular flexibility index (Phi) is 7.81. The van der Waals surface area contributed by atoms with Crippen molar-refractivity contribution < 1.29 is 38.8 Å². The maximum Gasteiger partial charge on any atom is 0.338 e. The van der Waals surface area contributed by atoms with Gasteiger partial charge in [-0.1, -0.05) is 66.4 Å². The number of carboxylic acid groups (broad SMARTS) is 1. The Morgan fingerprint density at radius 3 is 1.66 bits per heavy atom. The smallest absolute Gasteiger partial charge is 0.338 e. The molecule has 0 aromatic heterocycles. The summed E-state index contributed by atoms with van der Waals surface area (Å²) in [5.74, 6) is -3.07. The first-order valence-corrected chi connectivity index (χ1v) is 11.6. The van der Waals surface area contributed by atoms with Crippen LogP contribution in [-0.4, -0.2) is 58.0 Å². The van der Waals surface area contributed by atoms with Crippen LogP contribution in [0.1, 0.15) is 20.7 Å². The van der Waals surface area contributed by atoms with E-state index < -0.39 is 47.8 Å².